The summed E-state index contributed by atoms with van der Waals surface area (Å²) in [5.74, 6) is 1.61. The molecule has 1 aliphatic rings. The molecular formula is C15H22ClNO. The van der Waals surface area contributed by atoms with Crippen LogP contribution in [0.5, 0.6) is 5.75 Å². The number of hydrogen-bond donors (Lipinski definition) is 1. The zero-order chi connectivity index (χ0) is 13.3. The third-order valence-corrected chi connectivity index (χ3v) is 4.73. The van der Waals surface area contributed by atoms with Crippen molar-refractivity contribution in [1.29, 1.82) is 0 Å². The van der Waals surface area contributed by atoms with Crippen molar-refractivity contribution < 1.29 is 4.74 Å². The predicted octanol–water partition coefficient (Wildman–Crippen LogP) is 3.74. The van der Waals surface area contributed by atoms with Gasteiger partial charge in [-0.25, -0.2) is 0 Å². The van der Waals surface area contributed by atoms with Gasteiger partial charge in [-0.05, 0) is 69.3 Å². The molecule has 0 unspecified atom stereocenters. The maximum Gasteiger partial charge on any atom is 0.125 e. The number of halogens is 1. The average Bonchev–Trinajstić information content (AvgIpc) is 2.41. The van der Waals surface area contributed by atoms with E-state index in [4.69, 9.17) is 16.3 Å². The Balaban J connectivity index is 2.56. The molecule has 0 aromatic heterocycles. The maximum absolute atomic E-state index is 6.47. The molecule has 0 amide bonds. The fourth-order valence-electron chi connectivity index (χ4n) is 2.97. The molecule has 0 atom stereocenters. The summed E-state index contributed by atoms with van der Waals surface area (Å²) < 4.78 is 5.67. The van der Waals surface area contributed by atoms with Crippen molar-refractivity contribution in [1.82, 2.24) is 5.32 Å². The standard InChI is InChI=1S/C15H22ClNO/c1-9-10(2)15(18-4)13(11(3)14(9)16)12-5-7-17-8-6-12/h12,17H,5-8H2,1-4H3. The number of rotatable bonds is 2. The topological polar surface area (TPSA) is 21.3 Å². The largest absolute Gasteiger partial charge is 0.496 e. The average molecular weight is 268 g/mol. The van der Waals surface area contributed by atoms with Gasteiger partial charge in [-0.2, -0.15) is 0 Å². The molecule has 100 valence electrons. The highest BCUT2D eigenvalue weighted by Crippen LogP contribution is 2.42. The number of benzene rings is 1. The summed E-state index contributed by atoms with van der Waals surface area (Å²) in [6.45, 7) is 8.45. The first-order chi connectivity index (χ1) is 8.57. The molecule has 0 radical (unpaired) electrons. The molecular weight excluding hydrogens is 246 g/mol. The van der Waals surface area contributed by atoms with E-state index in [-0.39, 0.29) is 0 Å². The van der Waals surface area contributed by atoms with Crippen molar-refractivity contribution >= 4 is 11.6 Å². The second kappa shape index (κ2) is 5.50. The summed E-state index contributed by atoms with van der Waals surface area (Å²) in [5, 5.41) is 4.31. The lowest BCUT2D eigenvalue weighted by Crippen LogP contribution is -2.27. The lowest BCUT2D eigenvalue weighted by molar-refractivity contribution is 0.387. The smallest absolute Gasteiger partial charge is 0.125 e. The minimum atomic E-state index is 0.568. The van der Waals surface area contributed by atoms with E-state index >= 15 is 0 Å². The van der Waals surface area contributed by atoms with E-state index in [0.717, 1.165) is 42.3 Å². The Morgan fingerprint density at radius 3 is 2.22 bits per heavy atom. The summed E-state index contributed by atoms with van der Waals surface area (Å²) in [5.41, 5.74) is 4.85. The number of ether oxygens (including phenoxy) is 1. The van der Waals surface area contributed by atoms with Gasteiger partial charge in [0, 0.05) is 10.6 Å². The Kier molecular flexibility index (Phi) is 4.18. The molecule has 0 spiro atoms. The molecule has 0 aliphatic carbocycles. The molecule has 1 fully saturated rings. The van der Waals surface area contributed by atoms with Crippen LogP contribution in [0.4, 0.5) is 0 Å². The predicted molar refractivity (Wildman–Crippen MR) is 77.1 cm³/mol. The third kappa shape index (κ3) is 2.24. The Labute approximate surface area is 115 Å². The van der Waals surface area contributed by atoms with Gasteiger partial charge in [0.05, 0.1) is 7.11 Å². The van der Waals surface area contributed by atoms with Crippen LogP contribution in [0, 0.1) is 20.8 Å². The molecule has 1 N–H and O–H groups in total. The monoisotopic (exact) mass is 267 g/mol. The Morgan fingerprint density at radius 2 is 1.67 bits per heavy atom. The van der Waals surface area contributed by atoms with E-state index in [1.165, 1.54) is 16.7 Å². The van der Waals surface area contributed by atoms with E-state index in [1.807, 2.05) is 0 Å². The van der Waals surface area contributed by atoms with Crippen molar-refractivity contribution in [2.75, 3.05) is 20.2 Å². The van der Waals surface area contributed by atoms with Crippen molar-refractivity contribution in [2.45, 2.75) is 39.5 Å². The molecule has 1 saturated heterocycles. The van der Waals surface area contributed by atoms with Crippen LogP contribution in [0.15, 0.2) is 0 Å². The molecule has 18 heavy (non-hydrogen) atoms. The highest BCUT2D eigenvalue weighted by molar-refractivity contribution is 6.32. The van der Waals surface area contributed by atoms with E-state index in [9.17, 15) is 0 Å². The quantitative estimate of drug-likeness (QED) is 0.881. The molecule has 1 aliphatic heterocycles. The van der Waals surface area contributed by atoms with Crippen LogP contribution in [0.2, 0.25) is 5.02 Å². The summed E-state index contributed by atoms with van der Waals surface area (Å²) in [6, 6.07) is 0. The van der Waals surface area contributed by atoms with Crippen LogP contribution in [-0.2, 0) is 0 Å². The van der Waals surface area contributed by atoms with Gasteiger partial charge in [-0.1, -0.05) is 11.6 Å². The molecule has 1 heterocycles. The van der Waals surface area contributed by atoms with Crippen molar-refractivity contribution in [3.8, 4) is 5.75 Å². The Bertz CT molecular complexity index is 451. The first-order valence-electron chi connectivity index (χ1n) is 6.61. The lowest BCUT2D eigenvalue weighted by Gasteiger charge is -2.28. The van der Waals surface area contributed by atoms with Crippen LogP contribution in [0.25, 0.3) is 0 Å². The second-order valence-corrected chi connectivity index (χ2v) is 5.54. The molecule has 0 bridgehead atoms. The van der Waals surface area contributed by atoms with E-state index < -0.39 is 0 Å². The van der Waals surface area contributed by atoms with Gasteiger partial charge in [0.2, 0.25) is 0 Å². The second-order valence-electron chi connectivity index (χ2n) is 5.16. The Hall–Kier alpha value is -0.730. The van der Waals surface area contributed by atoms with Crippen molar-refractivity contribution in [2.24, 2.45) is 0 Å². The zero-order valence-electron chi connectivity index (χ0n) is 11.7. The summed E-state index contributed by atoms with van der Waals surface area (Å²) in [4.78, 5) is 0. The van der Waals surface area contributed by atoms with Crippen LogP contribution < -0.4 is 10.1 Å². The lowest BCUT2D eigenvalue weighted by atomic mass is 9.84. The van der Waals surface area contributed by atoms with Gasteiger partial charge >= 0.3 is 0 Å². The highest BCUT2D eigenvalue weighted by Gasteiger charge is 2.25. The van der Waals surface area contributed by atoms with Crippen LogP contribution in [0.3, 0.4) is 0 Å². The number of piperidine rings is 1. The first kappa shape index (κ1) is 13.7. The van der Waals surface area contributed by atoms with Crippen LogP contribution >= 0.6 is 11.6 Å². The SMILES string of the molecule is COc1c(C)c(C)c(Cl)c(C)c1C1CCNCC1. The fourth-order valence-corrected chi connectivity index (χ4v) is 3.22. The van der Waals surface area contributed by atoms with Crippen molar-refractivity contribution in [3.63, 3.8) is 0 Å². The fraction of sp³-hybridized carbons (Fsp3) is 0.600. The summed E-state index contributed by atoms with van der Waals surface area (Å²) >= 11 is 6.47. The minimum Gasteiger partial charge on any atom is -0.496 e. The summed E-state index contributed by atoms with van der Waals surface area (Å²) in [7, 11) is 1.76. The first-order valence-corrected chi connectivity index (χ1v) is 6.99. The molecule has 1 aromatic rings. The number of methoxy groups -OCH3 is 1. The van der Waals surface area contributed by atoms with Crippen LogP contribution in [0.1, 0.15) is 41.0 Å². The molecule has 2 nitrogen and oxygen atoms in total. The molecule has 0 saturated carbocycles. The van der Waals surface area contributed by atoms with E-state index in [2.05, 4.69) is 26.1 Å². The van der Waals surface area contributed by atoms with Gasteiger partial charge in [0.1, 0.15) is 5.75 Å². The third-order valence-electron chi connectivity index (χ3n) is 4.16. The van der Waals surface area contributed by atoms with Crippen molar-refractivity contribution in [3.05, 3.63) is 27.3 Å². The molecule has 3 heteroatoms. The normalized spacial score (nSPS) is 16.9. The number of nitrogens with one attached hydrogen (secondary N) is 1. The summed E-state index contributed by atoms with van der Waals surface area (Å²) in [6.07, 6.45) is 2.33. The maximum atomic E-state index is 6.47. The van der Waals surface area contributed by atoms with E-state index in [1.54, 1.807) is 7.11 Å². The van der Waals surface area contributed by atoms with Gasteiger partial charge in [0.25, 0.3) is 0 Å². The number of hydrogen-bond acceptors (Lipinski definition) is 2. The van der Waals surface area contributed by atoms with E-state index in [0.29, 0.717) is 5.92 Å². The molecule has 2 rings (SSSR count). The molecule has 1 aromatic carbocycles. The van der Waals surface area contributed by atoms with Gasteiger partial charge in [0.15, 0.2) is 0 Å². The van der Waals surface area contributed by atoms with Crippen LogP contribution in [-0.4, -0.2) is 20.2 Å². The van der Waals surface area contributed by atoms with Gasteiger partial charge < -0.3 is 10.1 Å². The minimum absolute atomic E-state index is 0.568. The highest BCUT2D eigenvalue weighted by atomic mass is 35.5. The van der Waals surface area contributed by atoms with Gasteiger partial charge in [-0.3, -0.25) is 0 Å². The zero-order valence-corrected chi connectivity index (χ0v) is 12.4. The Morgan fingerprint density at radius 1 is 1.06 bits per heavy atom. The van der Waals surface area contributed by atoms with Gasteiger partial charge in [-0.15, -0.1) is 0 Å².